The quantitative estimate of drug-likeness (QED) is 0.396. The summed E-state index contributed by atoms with van der Waals surface area (Å²) in [7, 11) is 0. The van der Waals surface area contributed by atoms with Crippen molar-refractivity contribution < 1.29 is 9.21 Å². The van der Waals surface area contributed by atoms with Crippen LogP contribution in [0.2, 0.25) is 0 Å². The summed E-state index contributed by atoms with van der Waals surface area (Å²) in [4.78, 5) is 19.5. The van der Waals surface area contributed by atoms with Crippen LogP contribution < -0.4 is 4.90 Å². The van der Waals surface area contributed by atoms with Crippen molar-refractivity contribution in [3.63, 3.8) is 0 Å². The van der Waals surface area contributed by atoms with Gasteiger partial charge >= 0.3 is 0 Å². The van der Waals surface area contributed by atoms with Gasteiger partial charge in [-0.25, -0.2) is 4.98 Å². The van der Waals surface area contributed by atoms with Crippen LogP contribution in [0, 0.1) is 6.92 Å². The van der Waals surface area contributed by atoms with Gasteiger partial charge in [-0.15, -0.1) is 11.8 Å². The van der Waals surface area contributed by atoms with Crippen molar-refractivity contribution in [2.24, 2.45) is 0 Å². The second kappa shape index (κ2) is 8.63. The van der Waals surface area contributed by atoms with Crippen molar-refractivity contribution >= 4 is 44.4 Å². The molecule has 2 aromatic carbocycles. The molecule has 0 spiro atoms. The largest absolute Gasteiger partial charge is 0.467 e. The maximum atomic E-state index is 13.0. The molecule has 1 amide bonds. The van der Waals surface area contributed by atoms with E-state index in [0.717, 1.165) is 21.7 Å². The molecule has 2 aromatic heterocycles. The van der Waals surface area contributed by atoms with Crippen molar-refractivity contribution in [3.05, 3.63) is 83.8 Å². The Hall–Kier alpha value is -2.57. The Bertz CT molecular complexity index is 1060. The van der Waals surface area contributed by atoms with E-state index < -0.39 is 0 Å². The van der Waals surface area contributed by atoms with Gasteiger partial charge in [0.1, 0.15) is 5.76 Å². The molecule has 0 saturated heterocycles. The molecular weight excluding hydrogens is 388 g/mol. The van der Waals surface area contributed by atoms with Gasteiger partial charge in [0, 0.05) is 5.75 Å². The number of amides is 1. The zero-order valence-corrected chi connectivity index (χ0v) is 17.1. The second-order valence-electron chi connectivity index (χ2n) is 6.51. The zero-order valence-electron chi connectivity index (χ0n) is 15.5. The molecule has 0 unspecified atom stereocenters. The van der Waals surface area contributed by atoms with E-state index in [1.54, 1.807) is 34.3 Å². The second-order valence-corrected chi connectivity index (χ2v) is 8.50. The summed E-state index contributed by atoms with van der Waals surface area (Å²) in [6, 6.07) is 20.1. The number of benzene rings is 2. The average molecular weight is 409 g/mol. The lowest BCUT2D eigenvalue weighted by molar-refractivity contribution is -0.116. The van der Waals surface area contributed by atoms with Crippen molar-refractivity contribution in [2.45, 2.75) is 19.2 Å². The van der Waals surface area contributed by atoms with Gasteiger partial charge < -0.3 is 4.42 Å². The lowest BCUT2D eigenvalue weighted by atomic mass is 10.2. The first-order valence-corrected chi connectivity index (χ1v) is 11.0. The standard InChI is InChI=1S/C22H20N2O2S2/c1-16-9-10-19-20(12-16)28-22(23-19)24(13-18-8-5-11-26-18)21(25)15-27-14-17-6-3-2-4-7-17/h2-12H,13-15H2,1H3. The fraction of sp³-hybridized carbons (Fsp3) is 0.182. The van der Waals surface area contributed by atoms with Crippen LogP contribution in [-0.2, 0) is 17.1 Å². The monoisotopic (exact) mass is 408 g/mol. The van der Waals surface area contributed by atoms with E-state index in [0.29, 0.717) is 17.4 Å². The number of nitrogens with zero attached hydrogens (tertiary/aromatic N) is 2. The first-order valence-electron chi connectivity index (χ1n) is 9.00. The molecule has 6 heteroatoms. The van der Waals surface area contributed by atoms with Gasteiger partial charge in [0.05, 0.1) is 28.8 Å². The summed E-state index contributed by atoms with van der Waals surface area (Å²) >= 11 is 3.16. The molecule has 142 valence electrons. The highest BCUT2D eigenvalue weighted by molar-refractivity contribution is 7.99. The summed E-state index contributed by atoms with van der Waals surface area (Å²) in [5, 5.41) is 0.710. The highest BCUT2D eigenvalue weighted by atomic mass is 32.2. The summed E-state index contributed by atoms with van der Waals surface area (Å²) < 4.78 is 6.57. The van der Waals surface area contributed by atoms with Crippen LogP contribution >= 0.6 is 23.1 Å². The van der Waals surface area contributed by atoms with E-state index in [4.69, 9.17) is 9.40 Å². The fourth-order valence-corrected chi connectivity index (χ4v) is 4.81. The highest BCUT2D eigenvalue weighted by Gasteiger charge is 2.21. The lowest BCUT2D eigenvalue weighted by Gasteiger charge is -2.18. The van der Waals surface area contributed by atoms with E-state index in [1.165, 1.54) is 11.1 Å². The van der Waals surface area contributed by atoms with Gasteiger partial charge in [0.25, 0.3) is 0 Å². The zero-order chi connectivity index (χ0) is 19.3. The third-order valence-corrected chi connectivity index (χ3v) is 6.33. The Morgan fingerprint density at radius 2 is 2.00 bits per heavy atom. The predicted octanol–water partition coefficient (Wildman–Crippen LogP) is 5.66. The first-order chi connectivity index (χ1) is 13.7. The number of rotatable bonds is 7. The number of furan rings is 1. The van der Waals surface area contributed by atoms with Crippen molar-refractivity contribution in [2.75, 3.05) is 10.7 Å². The SMILES string of the molecule is Cc1ccc2nc(N(Cc3ccco3)C(=O)CSCc3ccccc3)sc2c1. The van der Waals surface area contributed by atoms with E-state index in [9.17, 15) is 4.79 Å². The maximum absolute atomic E-state index is 13.0. The Kier molecular flexibility index (Phi) is 5.78. The molecular formula is C22H20N2O2S2. The number of thioether (sulfide) groups is 1. The summed E-state index contributed by atoms with van der Waals surface area (Å²) in [5.41, 5.74) is 3.32. The number of carbonyl (C=O) groups excluding carboxylic acids is 1. The third-order valence-electron chi connectivity index (χ3n) is 4.30. The number of aryl methyl sites for hydroxylation is 1. The molecule has 0 saturated carbocycles. The van der Waals surface area contributed by atoms with Crippen LogP contribution in [0.1, 0.15) is 16.9 Å². The summed E-state index contributed by atoms with van der Waals surface area (Å²) in [6.45, 7) is 2.45. The normalized spacial score (nSPS) is 11.0. The average Bonchev–Trinajstić information content (AvgIpc) is 3.36. The number of hydrogen-bond acceptors (Lipinski definition) is 5. The third kappa shape index (κ3) is 4.46. The molecule has 4 nitrogen and oxygen atoms in total. The van der Waals surface area contributed by atoms with E-state index in [1.807, 2.05) is 42.5 Å². The molecule has 0 fully saturated rings. The molecule has 0 aliphatic carbocycles. The smallest absolute Gasteiger partial charge is 0.239 e. The Morgan fingerprint density at radius 1 is 1.14 bits per heavy atom. The highest BCUT2D eigenvalue weighted by Crippen LogP contribution is 2.31. The molecule has 28 heavy (non-hydrogen) atoms. The number of thiazole rings is 1. The van der Waals surface area contributed by atoms with Crippen LogP contribution in [0.4, 0.5) is 5.13 Å². The number of carbonyl (C=O) groups is 1. The van der Waals surface area contributed by atoms with Crippen LogP contribution in [0.15, 0.2) is 71.3 Å². The Balaban J connectivity index is 1.52. The van der Waals surface area contributed by atoms with E-state index >= 15 is 0 Å². The van der Waals surface area contributed by atoms with E-state index in [2.05, 4.69) is 25.1 Å². The minimum Gasteiger partial charge on any atom is -0.467 e. The molecule has 4 rings (SSSR count). The van der Waals surface area contributed by atoms with Gasteiger partial charge in [-0.1, -0.05) is 47.7 Å². The Morgan fingerprint density at radius 3 is 2.79 bits per heavy atom. The Labute approximate surface area is 172 Å². The number of hydrogen-bond donors (Lipinski definition) is 0. The molecule has 0 bridgehead atoms. The fourth-order valence-electron chi connectivity index (χ4n) is 2.86. The van der Waals surface area contributed by atoms with Crippen LogP contribution in [0.3, 0.4) is 0 Å². The van der Waals surface area contributed by atoms with Gasteiger partial charge in [-0.3, -0.25) is 9.69 Å². The molecule has 0 radical (unpaired) electrons. The molecule has 0 N–H and O–H groups in total. The van der Waals surface area contributed by atoms with Crippen molar-refractivity contribution in [1.29, 1.82) is 0 Å². The van der Waals surface area contributed by atoms with Crippen molar-refractivity contribution in [1.82, 2.24) is 4.98 Å². The molecule has 0 aliphatic rings. The minimum absolute atomic E-state index is 0.0353. The number of aromatic nitrogens is 1. The molecule has 0 aliphatic heterocycles. The number of anilines is 1. The van der Waals surface area contributed by atoms with Crippen molar-refractivity contribution in [3.8, 4) is 0 Å². The predicted molar refractivity (Wildman–Crippen MR) is 117 cm³/mol. The molecule has 4 aromatic rings. The van der Waals surface area contributed by atoms with Gasteiger partial charge in [0.15, 0.2) is 5.13 Å². The van der Waals surface area contributed by atoms with Gasteiger partial charge in [-0.05, 0) is 42.3 Å². The maximum Gasteiger partial charge on any atom is 0.239 e. The minimum atomic E-state index is 0.0353. The molecule has 0 atom stereocenters. The summed E-state index contributed by atoms with van der Waals surface area (Å²) in [5.74, 6) is 1.98. The first kappa shape index (κ1) is 18.8. The van der Waals surface area contributed by atoms with Gasteiger partial charge in [0.2, 0.25) is 5.91 Å². The number of fused-ring (bicyclic) bond motifs is 1. The van der Waals surface area contributed by atoms with Crippen LogP contribution in [0.5, 0.6) is 0 Å². The topological polar surface area (TPSA) is 46.3 Å². The van der Waals surface area contributed by atoms with Gasteiger partial charge in [-0.2, -0.15) is 0 Å². The van der Waals surface area contributed by atoms with Crippen LogP contribution in [0.25, 0.3) is 10.2 Å². The van der Waals surface area contributed by atoms with Crippen LogP contribution in [-0.4, -0.2) is 16.6 Å². The lowest BCUT2D eigenvalue weighted by Crippen LogP contribution is -2.31. The van der Waals surface area contributed by atoms with E-state index in [-0.39, 0.29) is 5.91 Å². The summed E-state index contributed by atoms with van der Waals surface area (Å²) in [6.07, 6.45) is 1.63. The molecule has 2 heterocycles.